The predicted molar refractivity (Wildman–Crippen MR) is 84.2 cm³/mol. The number of hydrogen-bond donors (Lipinski definition) is 0. The minimum absolute atomic E-state index is 0.0433. The van der Waals surface area contributed by atoms with Crippen molar-refractivity contribution < 1.29 is 9.59 Å². The molecule has 0 N–H and O–H groups in total. The maximum Gasteiger partial charge on any atom is 0.270 e. The minimum atomic E-state index is 0.0433. The molecule has 6 nitrogen and oxygen atoms in total. The quantitative estimate of drug-likeness (QED) is 0.798. The van der Waals surface area contributed by atoms with E-state index in [1.807, 2.05) is 28.8 Å². The van der Waals surface area contributed by atoms with Gasteiger partial charge in [-0.1, -0.05) is 0 Å². The van der Waals surface area contributed by atoms with Gasteiger partial charge in [-0.2, -0.15) is 0 Å². The van der Waals surface area contributed by atoms with E-state index in [1.54, 1.807) is 19.0 Å². The molecule has 1 aromatic rings. The molecule has 1 saturated heterocycles. The lowest BCUT2D eigenvalue weighted by atomic mass is 10.2. The molecule has 0 radical (unpaired) electrons. The van der Waals surface area contributed by atoms with Gasteiger partial charge >= 0.3 is 0 Å². The second-order valence-electron chi connectivity index (χ2n) is 5.51. The van der Waals surface area contributed by atoms with Crippen molar-refractivity contribution in [2.45, 2.75) is 0 Å². The van der Waals surface area contributed by atoms with Crippen LogP contribution in [-0.2, 0) is 11.8 Å². The molecule has 0 bridgehead atoms. The van der Waals surface area contributed by atoms with Crippen molar-refractivity contribution in [2.75, 3.05) is 46.8 Å². The van der Waals surface area contributed by atoms with Crippen molar-refractivity contribution in [1.82, 2.24) is 19.3 Å². The normalized spacial score (nSPS) is 16.1. The Morgan fingerprint density at radius 2 is 1.86 bits per heavy atom. The molecule has 2 rings (SSSR count). The molecule has 1 aliphatic heterocycles. The summed E-state index contributed by atoms with van der Waals surface area (Å²) in [6, 6.07) is 1.84. The summed E-state index contributed by atoms with van der Waals surface area (Å²) in [5.41, 5.74) is 0.680. The lowest BCUT2D eigenvalue weighted by Crippen LogP contribution is -2.51. The highest BCUT2D eigenvalue weighted by atomic mass is 79.9. The van der Waals surface area contributed by atoms with Crippen LogP contribution in [0, 0.1) is 0 Å². The maximum absolute atomic E-state index is 12.5. The van der Waals surface area contributed by atoms with Crippen LogP contribution in [0.5, 0.6) is 0 Å². The Morgan fingerprint density at radius 1 is 1.24 bits per heavy atom. The largest absolute Gasteiger partial charge is 0.348 e. The zero-order chi connectivity index (χ0) is 15.6. The lowest BCUT2D eigenvalue weighted by molar-refractivity contribution is -0.130. The van der Waals surface area contributed by atoms with E-state index >= 15 is 0 Å². The first-order chi connectivity index (χ1) is 9.88. The fourth-order valence-corrected chi connectivity index (χ4v) is 2.86. The SMILES string of the molecule is CN(C)C(=O)CN1CCN(C(=O)c2cc(Br)cn2C)CC1. The number of carbonyl (C=O) groups excluding carboxylic acids is 2. The molecule has 0 aromatic carbocycles. The van der Waals surface area contributed by atoms with E-state index in [9.17, 15) is 9.59 Å². The molecule has 21 heavy (non-hydrogen) atoms. The van der Waals surface area contributed by atoms with Crippen LogP contribution < -0.4 is 0 Å². The predicted octanol–water partition coefficient (Wildman–Crippen LogP) is 0.634. The van der Waals surface area contributed by atoms with E-state index in [-0.39, 0.29) is 11.8 Å². The number of likely N-dealkylation sites (N-methyl/N-ethyl adjacent to an activating group) is 1. The van der Waals surface area contributed by atoms with Crippen molar-refractivity contribution in [3.63, 3.8) is 0 Å². The summed E-state index contributed by atoms with van der Waals surface area (Å²) in [7, 11) is 5.38. The van der Waals surface area contributed by atoms with E-state index in [2.05, 4.69) is 20.8 Å². The summed E-state index contributed by atoms with van der Waals surface area (Å²) in [6.45, 7) is 3.20. The summed E-state index contributed by atoms with van der Waals surface area (Å²) in [5, 5.41) is 0. The Morgan fingerprint density at radius 3 is 2.33 bits per heavy atom. The van der Waals surface area contributed by atoms with Gasteiger partial charge in [0, 0.05) is 58.0 Å². The van der Waals surface area contributed by atoms with Crippen molar-refractivity contribution in [2.24, 2.45) is 7.05 Å². The second kappa shape index (κ2) is 6.62. The van der Waals surface area contributed by atoms with Gasteiger partial charge in [0.05, 0.1) is 6.54 Å². The van der Waals surface area contributed by atoms with Gasteiger partial charge < -0.3 is 14.4 Å². The van der Waals surface area contributed by atoms with Gasteiger partial charge in [-0.25, -0.2) is 0 Å². The molecule has 116 valence electrons. The lowest BCUT2D eigenvalue weighted by Gasteiger charge is -2.34. The van der Waals surface area contributed by atoms with Gasteiger partial charge in [0.1, 0.15) is 5.69 Å². The Kier molecular flexibility index (Phi) is 5.05. The van der Waals surface area contributed by atoms with Crippen molar-refractivity contribution in [1.29, 1.82) is 0 Å². The molecule has 2 amide bonds. The van der Waals surface area contributed by atoms with Gasteiger partial charge in [-0.3, -0.25) is 14.5 Å². The van der Waals surface area contributed by atoms with Crippen molar-refractivity contribution >= 4 is 27.7 Å². The first kappa shape index (κ1) is 16.0. The molecule has 0 saturated carbocycles. The fraction of sp³-hybridized carbons (Fsp3) is 0.571. The molecule has 2 heterocycles. The van der Waals surface area contributed by atoms with Gasteiger partial charge in [0.25, 0.3) is 5.91 Å². The van der Waals surface area contributed by atoms with Crippen LogP contribution in [0.3, 0.4) is 0 Å². The van der Waals surface area contributed by atoms with Crippen LogP contribution in [0.25, 0.3) is 0 Å². The molecule has 7 heteroatoms. The molecule has 1 aliphatic rings. The highest BCUT2D eigenvalue weighted by Gasteiger charge is 2.25. The standard InChI is InChI=1S/C14H21BrN4O2/c1-16(2)13(20)10-18-4-6-19(7-5-18)14(21)12-8-11(15)9-17(12)3/h8-9H,4-7,10H2,1-3H3. The summed E-state index contributed by atoms with van der Waals surface area (Å²) >= 11 is 3.38. The van der Waals surface area contributed by atoms with Crippen LogP contribution in [-0.4, -0.2) is 77.9 Å². The van der Waals surface area contributed by atoms with E-state index < -0.39 is 0 Å². The third kappa shape index (κ3) is 3.85. The zero-order valence-electron chi connectivity index (χ0n) is 12.7. The first-order valence-electron chi connectivity index (χ1n) is 6.92. The molecule has 0 spiro atoms. The Hall–Kier alpha value is -1.34. The van der Waals surface area contributed by atoms with Crippen LogP contribution in [0.4, 0.5) is 0 Å². The number of rotatable bonds is 3. The number of amides is 2. The Balaban J connectivity index is 1.90. The number of halogens is 1. The molecule has 1 aromatic heterocycles. The molecule has 0 unspecified atom stereocenters. The van der Waals surface area contributed by atoms with Crippen LogP contribution in [0.15, 0.2) is 16.7 Å². The Bertz CT molecular complexity index is 533. The number of hydrogen-bond acceptors (Lipinski definition) is 3. The fourth-order valence-electron chi connectivity index (χ4n) is 2.34. The summed E-state index contributed by atoms with van der Waals surface area (Å²) in [6.07, 6.45) is 1.87. The molecular formula is C14H21BrN4O2. The number of nitrogens with zero attached hydrogens (tertiary/aromatic N) is 4. The summed E-state index contributed by atoms with van der Waals surface area (Å²) in [5.74, 6) is 0.142. The van der Waals surface area contributed by atoms with E-state index in [0.717, 1.165) is 17.6 Å². The molecular weight excluding hydrogens is 336 g/mol. The average Bonchev–Trinajstić information content (AvgIpc) is 2.77. The summed E-state index contributed by atoms with van der Waals surface area (Å²) < 4.78 is 2.73. The minimum Gasteiger partial charge on any atom is -0.348 e. The topological polar surface area (TPSA) is 48.8 Å². The van der Waals surface area contributed by atoms with Gasteiger partial charge in [0.2, 0.25) is 5.91 Å². The van der Waals surface area contributed by atoms with Crippen LogP contribution >= 0.6 is 15.9 Å². The Labute approximate surface area is 133 Å². The number of carbonyl (C=O) groups is 2. The van der Waals surface area contributed by atoms with Crippen molar-refractivity contribution in [3.05, 3.63) is 22.4 Å². The number of aryl methyl sites for hydroxylation is 1. The smallest absolute Gasteiger partial charge is 0.270 e. The molecule has 0 aliphatic carbocycles. The molecule has 0 atom stereocenters. The highest BCUT2D eigenvalue weighted by molar-refractivity contribution is 9.10. The maximum atomic E-state index is 12.5. The zero-order valence-corrected chi connectivity index (χ0v) is 14.3. The van der Waals surface area contributed by atoms with Crippen LogP contribution in [0.1, 0.15) is 10.5 Å². The second-order valence-corrected chi connectivity index (χ2v) is 6.43. The highest BCUT2D eigenvalue weighted by Crippen LogP contribution is 2.16. The van der Waals surface area contributed by atoms with Crippen molar-refractivity contribution in [3.8, 4) is 0 Å². The number of aromatic nitrogens is 1. The van der Waals surface area contributed by atoms with Crippen LogP contribution in [0.2, 0.25) is 0 Å². The van der Waals surface area contributed by atoms with Gasteiger partial charge in [-0.15, -0.1) is 0 Å². The van der Waals surface area contributed by atoms with E-state index in [0.29, 0.717) is 25.3 Å². The molecule has 1 fully saturated rings. The number of piperazine rings is 1. The van der Waals surface area contributed by atoms with E-state index in [4.69, 9.17) is 0 Å². The average molecular weight is 357 g/mol. The third-order valence-corrected chi connectivity index (χ3v) is 4.14. The van der Waals surface area contributed by atoms with Gasteiger partial charge in [-0.05, 0) is 22.0 Å². The monoisotopic (exact) mass is 356 g/mol. The van der Waals surface area contributed by atoms with E-state index in [1.165, 1.54) is 0 Å². The summed E-state index contributed by atoms with van der Waals surface area (Å²) in [4.78, 5) is 29.7. The first-order valence-corrected chi connectivity index (χ1v) is 7.71. The van der Waals surface area contributed by atoms with Gasteiger partial charge in [0.15, 0.2) is 0 Å². The third-order valence-electron chi connectivity index (χ3n) is 3.71.